The van der Waals surface area contributed by atoms with Crippen molar-refractivity contribution in [3.63, 3.8) is 0 Å². The molecule has 0 aliphatic carbocycles. The fraction of sp³-hybridized carbons (Fsp3) is 0.294. The highest BCUT2D eigenvalue weighted by Gasteiger charge is 2.34. The van der Waals surface area contributed by atoms with Gasteiger partial charge >= 0.3 is 11.9 Å². The van der Waals surface area contributed by atoms with Gasteiger partial charge in [-0.25, -0.2) is 14.6 Å². The molecule has 1 aliphatic rings. The highest BCUT2D eigenvalue weighted by molar-refractivity contribution is 7.07. The second-order valence-electron chi connectivity index (χ2n) is 11.0. The quantitative estimate of drug-likeness (QED) is 0.247. The SMILES string of the molecule is COc1cccc([C@@H]2C(C(=O)OC(C)C)=C(C)N=c3s/c(=C\c4ccc(-c5ccc(C(=O)OC(C)C)cc5C)o4)c(=O)n32)c1. The molecule has 9 nitrogen and oxygen atoms in total. The van der Waals surface area contributed by atoms with Gasteiger partial charge in [-0.05, 0) is 89.1 Å². The maximum atomic E-state index is 14.0. The number of methoxy groups -OCH3 is 1. The van der Waals surface area contributed by atoms with E-state index >= 15 is 0 Å². The molecule has 5 rings (SSSR count). The van der Waals surface area contributed by atoms with E-state index in [0.29, 0.717) is 49.0 Å². The molecule has 0 saturated carbocycles. The third-order valence-corrected chi connectivity index (χ3v) is 7.95. The number of thiazole rings is 1. The van der Waals surface area contributed by atoms with Crippen molar-refractivity contribution in [1.82, 2.24) is 4.57 Å². The number of carbonyl (C=O) groups is 2. The van der Waals surface area contributed by atoms with E-state index in [-0.39, 0.29) is 23.7 Å². The molecule has 1 atom stereocenters. The number of benzene rings is 2. The van der Waals surface area contributed by atoms with Gasteiger partial charge in [0.15, 0.2) is 4.80 Å². The summed E-state index contributed by atoms with van der Waals surface area (Å²) in [6.07, 6.45) is 1.11. The van der Waals surface area contributed by atoms with Crippen LogP contribution in [0.25, 0.3) is 17.4 Å². The Bertz CT molecular complexity index is 1960. The minimum absolute atomic E-state index is 0.212. The van der Waals surface area contributed by atoms with Crippen molar-refractivity contribution in [3.8, 4) is 17.1 Å². The normalized spacial score (nSPS) is 14.9. The molecular weight excluding hydrogens is 580 g/mol. The number of nitrogens with zero attached hydrogens (tertiary/aromatic N) is 2. The van der Waals surface area contributed by atoms with Crippen LogP contribution in [0.2, 0.25) is 0 Å². The van der Waals surface area contributed by atoms with E-state index in [1.54, 1.807) is 78.1 Å². The van der Waals surface area contributed by atoms with Crippen molar-refractivity contribution in [2.75, 3.05) is 7.11 Å². The van der Waals surface area contributed by atoms with Gasteiger partial charge in [0.05, 0.1) is 46.7 Å². The van der Waals surface area contributed by atoms with Crippen molar-refractivity contribution in [1.29, 1.82) is 0 Å². The molecule has 0 fully saturated rings. The number of rotatable bonds is 8. The predicted octanol–water partition coefficient (Wildman–Crippen LogP) is 5.33. The molecule has 0 unspecified atom stereocenters. The number of aryl methyl sites for hydroxylation is 1. The first-order valence-electron chi connectivity index (χ1n) is 14.3. The van der Waals surface area contributed by atoms with E-state index in [1.165, 1.54) is 15.9 Å². The molecule has 0 saturated heterocycles. The first-order chi connectivity index (χ1) is 21.0. The van der Waals surface area contributed by atoms with Crippen LogP contribution in [0.1, 0.15) is 67.9 Å². The van der Waals surface area contributed by atoms with E-state index in [4.69, 9.17) is 18.6 Å². The second kappa shape index (κ2) is 12.5. The zero-order valence-corrected chi connectivity index (χ0v) is 26.5. The molecule has 0 spiro atoms. The molecule has 0 bridgehead atoms. The molecule has 3 heterocycles. The van der Waals surface area contributed by atoms with Gasteiger partial charge in [-0.1, -0.05) is 29.5 Å². The Morgan fingerprint density at radius 3 is 2.39 bits per heavy atom. The number of allylic oxidation sites excluding steroid dienone is 1. The van der Waals surface area contributed by atoms with E-state index in [2.05, 4.69) is 4.99 Å². The van der Waals surface area contributed by atoms with Crippen molar-refractivity contribution in [2.45, 2.75) is 59.8 Å². The first-order valence-corrected chi connectivity index (χ1v) is 15.1. The summed E-state index contributed by atoms with van der Waals surface area (Å²) >= 11 is 1.21. The van der Waals surface area contributed by atoms with Crippen LogP contribution in [0.4, 0.5) is 0 Å². The number of fused-ring (bicyclic) bond motifs is 1. The largest absolute Gasteiger partial charge is 0.497 e. The minimum Gasteiger partial charge on any atom is -0.497 e. The molecule has 2 aromatic heterocycles. The molecule has 228 valence electrons. The predicted molar refractivity (Wildman–Crippen MR) is 167 cm³/mol. The summed E-state index contributed by atoms with van der Waals surface area (Å²) in [5, 5.41) is 0. The fourth-order valence-electron chi connectivity index (χ4n) is 5.04. The molecule has 1 aliphatic heterocycles. The van der Waals surface area contributed by atoms with Crippen LogP contribution in [0.15, 0.2) is 80.1 Å². The summed E-state index contributed by atoms with van der Waals surface area (Å²) in [7, 11) is 1.56. The lowest BCUT2D eigenvalue weighted by atomic mass is 9.95. The summed E-state index contributed by atoms with van der Waals surface area (Å²) in [5.74, 6) is 0.750. The van der Waals surface area contributed by atoms with Crippen molar-refractivity contribution in [2.24, 2.45) is 4.99 Å². The lowest BCUT2D eigenvalue weighted by Crippen LogP contribution is -2.40. The zero-order chi connectivity index (χ0) is 31.7. The third kappa shape index (κ3) is 6.16. The van der Waals surface area contributed by atoms with Gasteiger partial charge in [-0.3, -0.25) is 9.36 Å². The Balaban J connectivity index is 1.56. The average molecular weight is 615 g/mol. The number of esters is 2. The second-order valence-corrected chi connectivity index (χ2v) is 12.0. The van der Waals surface area contributed by atoms with Crippen LogP contribution in [0.3, 0.4) is 0 Å². The lowest BCUT2D eigenvalue weighted by molar-refractivity contribution is -0.143. The standard InChI is InChI=1S/C34H34N2O7S/c1-18(2)41-32(38)23-11-13-26(20(5)15-23)27-14-12-25(43-27)17-28-31(37)36-30(22-9-8-10-24(16-22)40-7)29(33(39)42-19(3)4)21(6)35-34(36)44-28/h8-19,30H,1-7H3/b28-17-/t30-/m1/s1. The summed E-state index contributed by atoms with van der Waals surface area (Å²) < 4.78 is 24.4. The number of carbonyl (C=O) groups excluding carboxylic acids is 2. The van der Waals surface area contributed by atoms with Gasteiger partial charge in [0.25, 0.3) is 5.56 Å². The van der Waals surface area contributed by atoms with E-state index in [9.17, 15) is 14.4 Å². The topological polar surface area (TPSA) is 109 Å². The van der Waals surface area contributed by atoms with Gasteiger partial charge in [-0.15, -0.1) is 0 Å². The van der Waals surface area contributed by atoms with E-state index in [0.717, 1.165) is 11.1 Å². The van der Waals surface area contributed by atoms with Crippen molar-refractivity contribution < 1.29 is 28.2 Å². The lowest BCUT2D eigenvalue weighted by Gasteiger charge is -2.25. The number of hydrogen-bond acceptors (Lipinski definition) is 9. The Kier molecular flexibility index (Phi) is 8.73. The Morgan fingerprint density at radius 1 is 0.977 bits per heavy atom. The van der Waals surface area contributed by atoms with Gasteiger partial charge in [0.2, 0.25) is 0 Å². The number of hydrogen-bond donors (Lipinski definition) is 0. The van der Waals surface area contributed by atoms with Gasteiger partial charge in [-0.2, -0.15) is 0 Å². The molecule has 10 heteroatoms. The highest BCUT2D eigenvalue weighted by atomic mass is 32.1. The molecule has 0 amide bonds. The number of ether oxygens (including phenoxy) is 3. The van der Waals surface area contributed by atoms with Gasteiger partial charge in [0, 0.05) is 11.6 Å². The molecule has 0 radical (unpaired) electrons. The van der Waals surface area contributed by atoms with Crippen LogP contribution < -0.4 is 19.6 Å². The summed E-state index contributed by atoms with van der Waals surface area (Å²) in [6.45, 7) is 10.8. The summed E-state index contributed by atoms with van der Waals surface area (Å²) in [5.41, 5.74) is 3.28. The molecule has 44 heavy (non-hydrogen) atoms. The fourth-order valence-corrected chi connectivity index (χ4v) is 6.07. The molecule has 4 aromatic rings. The van der Waals surface area contributed by atoms with Crippen LogP contribution in [0.5, 0.6) is 5.75 Å². The number of furan rings is 1. The van der Waals surface area contributed by atoms with Crippen molar-refractivity contribution >= 4 is 29.4 Å². The minimum atomic E-state index is -0.759. The van der Waals surface area contributed by atoms with E-state index in [1.807, 2.05) is 31.2 Å². The Labute approximate surface area is 258 Å². The summed E-state index contributed by atoms with van der Waals surface area (Å²) in [4.78, 5) is 44.7. The summed E-state index contributed by atoms with van der Waals surface area (Å²) in [6, 6.07) is 15.4. The Morgan fingerprint density at radius 2 is 1.70 bits per heavy atom. The number of aromatic nitrogens is 1. The average Bonchev–Trinajstić information content (AvgIpc) is 3.55. The van der Waals surface area contributed by atoms with Crippen molar-refractivity contribution in [3.05, 3.63) is 108 Å². The molecule has 2 aromatic carbocycles. The smallest absolute Gasteiger partial charge is 0.338 e. The van der Waals surface area contributed by atoms with Crippen LogP contribution in [0, 0.1) is 6.92 Å². The van der Waals surface area contributed by atoms with Gasteiger partial charge < -0.3 is 18.6 Å². The first kappa shape index (κ1) is 30.7. The Hall–Kier alpha value is -4.70. The molecular formula is C34H34N2O7S. The van der Waals surface area contributed by atoms with Crippen LogP contribution >= 0.6 is 11.3 Å². The van der Waals surface area contributed by atoms with Gasteiger partial charge in [0.1, 0.15) is 17.3 Å². The maximum absolute atomic E-state index is 14.0. The maximum Gasteiger partial charge on any atom is 0.338 e. The third-order valence-electron chi connectivity index (χ3n) is 6.96. The van der Waals surface area contributed by atoms with Crippen LogP contribution in [-0.4, -0.2) is 35.8 Å². The monoisotopic (exact) mass is 614 g/mol. The zero-order valence-electron chi connectivity index (χ0n) is 25.7. The highest BCUT2D eigenvalue weighted by Crippen LogP contribution is 2.33. The van der Waals surface area contributed by atoms with Crippen LogP contribution in [-0.2, 0) is 14.3 Å². The molecule has 0 N–H and O–H groups in total. The van der Waals surface area contributed by atoms with E-state index < -0.39 is 12.0 Å².